The number of rotatable bonds is 9. The highest BCUT2D eigenvalue weighted by atomic mass is 16.5. The number of aryl methyl sites for hydroxylation is 2. The van der Waals surface area contributed by atoms with Gasteiger partial charge in [-0.25, -0.2) is 5.01 Å². The first-order valence-electron chi connectivity index (χ1n) is 14.1. The van der Waals surface area contributed by atoms with Crippen LogP contribution in [0.3, 0.4) is 0 Å². The fraction of sp³-hybridized carbons (Fsp3) is 0.516. The van der Waals surface area contributed by atoms with E-state index in [1.165, 1.54) is 11.1 Å². The molecule has 0 spiro atoms. The van der Waals surface area contributed by atoms with Gasteiger partial charge < -0.3 is 14.4 Å². The van der Waals surface area contributed by atoms with E-state index in [0.29, 0.717) is 26.2 Å². The lowest BCUT2D eigenvalue weighted by Gasteiger charge is -2.34. The summed E-state index contributed by atoms with van der Waals surface area (Å²) in [5.41, 5.74) is 5.21. The summed E-state index contributed by atoms with van der Waals surface area (Å²) in [7, 11) is 1.65. The van der Waals surface area contributed by atoms with Gasteiger partial charge in [0.15, 0.2) is 0 Å². The van der Waals surface area contributed by atoms with Crippen molar-refractivity contribution in [3.8, 4) is 5.75 Å². The second-order valence-electron chi connectivity index (χ2n) is 10.9. The fourth-order valence-electron chi connectivity index (χ4n) is 5.52. The molecule has 1 saturated carbocycles. The number of ether oxygens (including phenoxy) is 2. The summed E-state index contributed by atoms with van der Waals surface area (Å²) in [5.74, 6) is 0.681. The third kappa shape index (κ3) is 6.17. The van der Waals surface area contributed by atoms with Crippen LogP contribution >= 0.6 is 0 Å². The number of methoxy groups -OCH3 is 1. The van der Waals surface area contributed by atoms with Crippen molar-refractivity contribution >= 4 is 17.5 Å². The highest BCUT2D eigenvalue weighted by Gasteiger charge is 2.37. The second-order valence-corrected chi connectivity index (χ2v) is 10.9. The first kappa shape index (κ1) is 27.3. The van der Waals surface area contributed by atoms with Crippen LogP contribution in [0.1, 0.15) is 54.0 Å². The number of hydrogen-bond acceptors (Lipinski definition) is 6. The maximum Gasteiger partial charge on any atom is 0.262 e. The molecular formula is C31H40N4O4. The van der Waals surface area contributed by atoms with Crippen molar-refractivity contribution in [2.75, 3.05) is 53.0 Å². The zero-order valence-electron chi connectivity index (χ0n) is 23.4. The number of para-hydroxylation sites is 1. The van der Waals surface area contributed by atoms with Crippen molar-refractivity contribution in [3.63, 3.8) is 0 Å². The van der Waals surface area contributed by atoms with Gasteiger partial charge in [0.05, 0.1) is 32.1 Å². The number of morpholine rings is 1. The molecule has 0 radical (unpaired) electrons. The van der Waals surface area contributed by atoms with E-state index in [-0.39, 0.29) is 30.3 Å². The summed E-state index contributed by atoms with van der Waals surface area (Å²) >= 11 is 0. The number of amides is 2. The number of nitrogens with zero attached hydrogens (tertiary/aromatic N) is 4. The van der Waals surface area contributed by atoms with Gasteiger partial charge in [0.1, 0.15) is 12.3 Å². The third-order valence-electron chi connectivity index (χ3n) is 8.39. The number of carbonyl (C=O) groups is 2. The van der Waals surface area contributed by atoms with E-state index in [0.717, 1.165) is 61.5 Å². The predicted molar refractivity (Wildman–Crippen MR) is 151 cm³/mol. The number of hydrogen-bond donors (Lipinski definition) is 0. The number of carbonyl (C=O) groups excluding carboxylic acids is 2. The molecule has 39 heavy (non-hydrogen) atoms. The van der Waals surface area contributed by atoms with E-state index in [1.807, 2.05) is 24.3 Å². The van der Waals surface area contributed by atoms with Crippen LogP contribution in [0.5, 0.6) is 5.75 Å². The fourth-order valence-corrected chi connectivity index (χ4v) is 5.52. The monoisotopic (exact) mass is 532 g/mol. The van der Waals surface area contributed by atoms with Crippen LogP contribution in [0.25, 0.3) is 0 Å². The highest BCUT2D eigenvalue weighted by molar-refractivity contribution is 6.03. The average Bonchev–Trinajstić information content (AvgIpc) is 3.37. The zero-order valence-corrected chi connectivity index (χ0v) is 23.4. The number of hydrazone groups is 1. The standard InChI is InChI=1S/C31H40N4O4/c1-22-11-12-25(19-23(22)2)27-20-28(26-9-4-5-10-29(26)38-3)35(32-27)30(36)21-34(31(37)24-7-6-8-24)14-13-33-15-17-39-18-16-33/h4-5,9-12,19,24,28H,6-8,13-18,20-21H2,1-3H3/t28-/m0/s1. The zero-order chi connectivity index (χ0) is 27.4. The Hall–Kier alpha value is -3.23. The molecule has 5 rings (SSSR count). The Kier molecular flexibility index (Phi) is 8.63. The van der Waals surface area contributed by atoms with E-state index < -0.39 is 0 Å². The lowest BCUT2D eigenvalue weighted by Crippen LogP contribution is -2.49. The molecule has 1 atom stereocenters. The van der Waals surface area contributed by atoms with Crippen LogP contribution in [-0.2, 0) is 14.3 Å². The summed E-state index contributed by atoms with van der Waals surface area (Å²) in [6, 6.07) is 13.8. The Morgan fingerprint density at radius 3 is 2.54 bits per heavy atom. The van der Waals surface area contributed by atoms with Gasteiger partial charge in [-0.3, -0.25) is 14.5 Å². The molecule has 0 bridgehead atoms. The van der Waals surface area contributed by atoms with E-state index in [4.69, 9.17) is 14.6 Å². The molecule has 0 N–H and O–H groups in total. The SMILES string of the molecule is COc1ccccc1[C@@H]1CC(c2ccc(C)c(C)c2)=NN1C(=O)CN(CCN1CCOCC1)C(=O)C1CCC1. The van der Waals surface area contributed by atoms with E-state index in [2.05, 4.69) is 36.9 Å². The summed E-state index contributed by atoms with van der Waals surface area (Å²) in [6.07, 6.45) is 3.47. The highest BCUT2D eigenvalue weighted by Crippen LogP contribution is 2.38. The first-order valence-corrected chi connectivity index (χ1v) is 14.1. The molecule has 3 aliphatic rings. The third-order valence-corrected chi connectivity index (χ3v) is 8.39. The van der Waals surface area contributed by atoms with Crippen LogP contribution in [0.2, 0.25) is 0 Å². The molecule has 8 nitrogen and oxygen atoms in total. The molecule has 2 aromatic rings. The molecule has 2 aromatic carbocycles. The second kappa shape index (κ2) is 12.3. The van der Waals surface area contributed by atoms with Crippen LogP contribution in [-0.4, -0.2) is 85.4 Å². The summed E-state index contributed by atoms with van der Waals surface area (Å²) < 4.78 is 11.1. The average molecular weight is 533 g/mol. The predicted octanol–water partition coefficient (Wildman–Crippen LogP) is 3.95. The summed E-state index contributed by atoms with van der Waals surface area (Å²) in [5, 5.41) is 6.48. The van der Waals surface area contributed by atoms with Gasteiger partial charge in [-0.15, -0.1) is 0 Å². The Morgan fingerprint density at radius 1 is 1.08 bits per heavy atom. The molecule has 0 aromatic heterocycles. The van der Waals surface area contributed by atoms with Crippen LogP contribution in [0.4, 0.5) is 0 Å². The van der Waals surface area contributed by atoms with E-state index in [1.54, 1.807) is 17.0 Å². The van der Waals surface area contributed by atoms with E-state index >= 15 is 0 Å². The van der Waals surface area contributed by atoms with Gasteiger partial charge in [-0.05, 0) is 55.5 Å². The minimum atomic E-state index is -0.301. The molecule has 2 heterocycles. The quantitative estimate of drug-likeness (QED) is 0.489. The molecule has 1 saturated heterocycles. The molecule has 8 heteroatoms. The minimum Gasteiger partial charge on any atom is -0.496 e. The molecule has 2 amide bonds. The normalized spacial score (nSPS) is 19.9. The van der Waals surface area contributed by atoms with Crippen molar-refractivity contribution < 1.29 is 19.1 Å². The topological polar surface area (TPSA) is 74.7 Å². The molecule has 2 fully saturated rings. The lowest BCUT2D eigenvalue weighted by atomic mass is 9.84. The van der Waals surface area contributed by atoms with Gasteiger partial charge in [0.2, 0.25) is 5.91 Å². The molecule has 0 unspecified atom stereocenters. The van der Waals surface area contributed by atoms with Gasteiger partial charge in [-0.2, -0.15) is 5.10 Å². The van der Waals surface area contributed by atoms with Crippen molar-refractivity contribution in [1.82, 2.24) is 14.8 Å². The van der Waals surface area contributed by atoms with Gasteiger partial charge in [0.25, 0.3) is 5.91 Å². The van der Waals surface area contributed by atoms with Crippen molar-refractivity contribution in [3.05, 3.63) is 64.7 Å². The largest absolute Gasteiger partial charge is 0.496 e. The van der Waals surface area contributed by atoms with E-state index in [9.17, 15) is 9.59 Å². The molecule has 1 aliphatic carbocycles. The Bertz CT molecular complexity index is 1220. The van der Waals surface area contributed by atoms with Crippen molar-refractivity contribution in [2.45, 2.75) is 45.6 Å². The smallest absolute Gasteiger partial charge is 0.262 e. The maximum absolute atomic E-state index is 14.0. The van der Waals surface area contributed by atoms with Gasteiger partial charge in [-0.1, -0.05) is 36.8 Å². The Balaban J connectivity index is 1.40. The molecular weight excluding hydrogens is 492 g/mol. The lowest BCUT2D eigenvalue weighted by molar-refractivity contribution is -0.145. The maximum atomic E-state index is 14.0. The Morgan fingerprint density at radius 2 is 1.85 bits per heavy atom. The van der Waals surface area contributed by atoms with Crippen LogP contribution in [0.15, 0.2) is 47.6 Å². The van der Waals surface area contributed by atoms with Crippen LogP contribution in [0, 0.1) is 19.8 Å². The van der Waals surface area contributed by atoms with Crippen molar-refractivity contribution in [1.29, 1.82) is 0 Å². The summed E-state index contributed by atoms with van der Waals surface area (Å²) in [6.45, 7) is 8.59. The Labute approximate surface area is 231 Å². The summed E-state index contributed by atoms with van der Waals surface area (Å²) in [4.78, 5) is 31.5. The van der Waals surface area contributed by atoms with Gasteiger partial charge in [0, 0.05) is 44.1 Å². The first-order chi connectivity index (χ1) is 18.9. The minimum absolute atomic E-state index is 0.0228. The molecule has 208 valence electrons. The van der Waals surface area contributed by atoms with Gasteiger partial charge >= 0.3 is 0 Å². The van der Waals surface area contributed by atoms with Crippen molar-refractivity contribution in [2.24, 2.45) is 11.0 Å². The number of benzene rings is 2. The van der Waals surface area contributed by atoms with Crippen LogP contribution < -0.4 is 4.74 Å². The molecule has 2 aliphatic heterocycles.